The van der Waals surface area contributed by atoms with E-state index >= 15 is 0 Å². The number of carbonyl (C=O) groups is 1. The van der Waals surface area contributed by atoms with E-state index in [0.717, 1.165) is 36.7 Å². The molecule has 3 N–H and O–H groups in total. The Morgan fingerprint density at radius 1 is 1.62 bits per heavy atom. The summed E-state index contributed by atoms with van der Waals surface area (Å²) in [4.78, 5) is 12.0. The second-order valence-corrected chi connectivity index (χ2v) is 4.78. The molecule has 0 amide bonds. The molecule has 1 aliphatic heterocycles. The van der Waals surface area contributed by atoms with Crippen molar-refractivity contribution < 1.29 is 4.79 Å². The van der Waals surface area contributed by atoms with E-state index in [2.05, 4.69) is 23.7 Å². The summed E-state index contributed by atoms with van der Waals surface area (Å²) in [5.41, 5.74) is 8.49. The van der Waals surface area contributed by atoms with Gasteiger partial charge in [-0.2, -0.15) is 0 Å². The molecule has 1 aliphatic rings. The van der Waals surface area contributed by atoms with E-state index in [1.54, 1.807) is 0 Å². The Labute approximate surface area is 95.8 Å². The van der Waals surface area contributed by atoms with E-state index in [1.165, 1.54) is 0 Å². The number of rotatable bonds is 3. The molecule has 0 aliphatic carbocycles. The van der Waals surface area contributed by atoms with Crippen LogP contribution in [0.3, 0.4) is 0 Å². The van der Waals surface area contributed by atoms with E-state index in [4.69, 9.17) is 5.73 Å². The lowest BCUT2D eigenvalue weighted by Gasteiger charge is -2.19. The molecular formula is C12H19N3O. The predicted molar refractivity (Wildman–Crippen MR) is 64.3 cm³/mol. The van der Waals surface area contributed by atoms with Gasteiger partial charge in [-0.05, 0) is 12.0 Å². The number of carbonyl (C=O) groups excluding carboxylic acids is 1. The summed E-state index contributed by atoms with van der Waals surface area (Å²) in [6.07, 6.45) is 0.594. The zero-order valence-electron chi connectivity index (χ0n) is 9.92. The van der Waals surface area contributed by atoms with Gasteiger partial charge in [0.2, 0.25) is 0 Å². The number of nitrogens with one attached hydrogen (secondary N) is 1. The number of nitrogen functional groups attached to an aromatic ring is 1. The summed E-state index contributed by atoms with van der Waals surface area (Å²) in [5.74, 6) is 0.594. The van der Waals surface area contributed by atoms with E-state index in [9.17, 15) is 4.79 Å². The molecule has 16 heavy (non-hydrogen) atoms. The molecule has 0 spiro atoms. The van der Waals surface area contributed by atoms with E-state index in [-0.39, 0.29) is 5.78 Å². The first kappa shape index (κ1) is 11.2. The van der Waals surface area contributed by atoms with Crippen LogP contribution in [0.25, 0.3) is 0 Å². The van der Waals surface area contributed by atoms with Crippen LogP contribution in [-0.4, -0.2) is 16.9 Å². The van der Waals surface area contributed by atoms with Gasteiger partial charge in [0, 0.05) is 26.1 Å². The van der Waals surface area contributed by atoms with Crippen LogP contribution in [0.4, 0.5) is 5.69 Å². The van der Waals surface area contributed by atoms with Crippen LogP contribution in [0.15, 0.2) is 6.07 Å². The van der Waals surface area contributed by atoms with Crippen LogP contribution in [-0.2, 0) is 13.1 Å². The molecule has 0 saturated carbocycles. The van der Waals surface area contributed by atoms with Crippen LogP contribution in [0.2, 0.25) is 0 Å². The minimum absolute atomic E-state index is 0.204. The van der Waals surface area contributed by atoms with Gasteiger partial charge in [0.05, 0.1) is 17.1 Å². The van der Waals surface area contributed by atoms with Gasteiger partial charge in [-0.1, -0.05) is 13.8 Å². The van der Waals surface area contributed by atoms with Crippen molar-refractivity contribution in [1.29, 1.82) is 0 Å². The number of hydrogen-bond acceptors (Lipinski definition) is 3. The molecule has 0 fully saturated rings. The first-order valence-corrected chi connectivity index (χ1v) is 5.81. The SMILES string of the molecule is CC(C)CC(=O)c1cc(N)c2n1CCNC2. The number of hydrogen-bond donors (Lipinski definition) is 2. The average Bonchev–Trinajstić information content (AvgIpc) is 2.56. The van der Waals surface area contributed by atoms with Gasteiger partial charge in [-0.25, -0.2) is 0 Å². The summed E-state index contributed by atoms with van der Waals surface area (Å²) in [5, 5.41) is 3.26. The van der Waals surface area contributed by atoms with Gasteiger partial charge in [-0.15, -0.1) is 0 Å². The maximum atomic E-state index is 12.0. The molecule has 1 aromatic heterocycles. The number of Topliss-reactive ketones (excluding diaryl/α,β-unsaturated/α-hetero) is 1. The first-order chi connectivity index (χ1) is 7.59. The zero-order chi connectivity index (χ0) is 11.7. The quantitative estimate of drug-likeness (QED) is 0.758. The second-order valence-electron chi connectivity index (χ2n) is 4.78. The number of nitrogens with zero attached hydrogens (tertiary/aromatic N) is 1. The summed E-state index contributed by atoms with van der Waals surface area (Å²) >= 11 is 0. The lowest BCUT2D eigenvalue weighted by Crippen LogP contribution is -2.30. The van der Waals surface area contributed by atoms with Crippen LogP contribution in [0, 0.1) is 5.92 Å². The Balaban J connectivity index is 2.31. The summed E-state index contributed by atoms with van der Waals surface area (Å²) in [6, 6.07) is 1.83. The molecule has 0 unspecified atom stereocenters. The Kier molecular flexibility index (Phi) is 3.01. The highest BCUT2D eigenvalue weighted by atomic mass is 16.1. The Morgan fingerprint density at radius 3 is 3.06 bits per heavy atom. The largest absolute Gasteiger partial charge is 0.397 e. The molecule has 0 bridgehead atoms. The lowest BCUT2D eigenvalue weighted by molar-refractivity contribution is 0.0957. The predicted octanol–water partition coefficient (Wildman–Crippen LogP) is 1.40. The maximum absolute atomic E-state index is 12.0. The summed E-state index contributed by atoms with van der Waals surface area (Å²) in [6.45, 7) is 6.63. The number of aromatic nitrogens is 1. The van der Waals surface area contributed by atoms with Gasteiger partial charge in [-0.3, -0.25) is 4.79 Å². The van der Waals surface area contributed by atoms with Gasteiger partial charge in [0.25, 0.3) is 0 Å². The molecule has 2 rings (SSSR count). The van der Waals surface area contributed by atoms with Crippen molar-refractivity contribution in [1.82, 2.24) is 9.88 Å². The number of fused-ring (bicyclic) bond motifs is 1. The minimum atomic E-state index is 0.204. The van der Waals surface area contributed by atoms with Gasteiger partial charge >= 0.3 is 0 Å². The molecule has 4 heteroatoms. The Bertz CT molecular complexity index is 407. The van der Waals surface area contributed by atoms with Crippen LogP contribution < -0.4 is 11.1 Å². The number of nitrogens with two attached hydrogens (primary N) is 1. The van der Waals surface area contributed by atoms with Gasteiger partial charge < -0.3 is 15.6 Å². The summed E-state index contributed by atoms with van der Waals surface area (Å²) in [7, 11) is 0. The van der Waals surface area contributed by atoms with Crippen LogP contribution >= 0.6 is 0 Å². The average molecular weight is 221 g/mol. The molecule has 0 saturated heterocycles. The zero-order valence-corrected chi connectivity index (χ0v) is 9.92. The van der Waals surface area contributed by atoms with Crippen molar-refractivity contribution in [3.05, 3.63) is 17.5 Å². The van der Waals surface area contributed by atoms with Crippen LogP contribution in [0.5, 0.6) is 0 Å². The van der Waals surface area contributed by atoms with Gasteiger partial charge in [0.15, 0.2) is 5.78 Å². The van der Waals surface area contributed by atoms with Crippen molar-refractivity contribution in [2.75, 3.05) is 12.3 Å². The molecule has 0 radical (unpaired) electrons. The molecule has 2 heterocycles. The van der Waals surface area contributed by atoms with Crippen LogP contribution in [0.1, 0.15) is 36.5 Å². The molecule has 1 aromatic rings. The lowest BCUT2D eigenvalue weighted by atomic mass is 10.1. The Hall–Kier alpha value is -1.29. The monoisotopic (exact) mass is 221 g/mol. The highest BCUT2D eigenvalue weighted by molar-refractivity contribution is 5.96. The second kappa shape index (κ2) is 4.29. The maximum Gasteiger partial charge on any atom is 0.179 e. The van der Waals surface area contributed by atoms with Crippen molar-refractivity contribution in [2.45, 2.75) is 33.4 Å². The molecule has 88 valence electrons. The van der Waals surface area contributed by atoms with E-state index in [1.807, 2.05) is 6.07 Å². The van der Waals surface area contributed by atoms with Gasteiger partial charge in [0.1, 0.15) is 0 Å². The fourth-order valence-corrected chi connectivity index (χ4v) is 2.17. The smallest absolute Gasteiger partial charge is 0.179 e. The summed E-state index contributed by atoms with van der Waals surface area (Å²) < 4.78 is 2.07. The molecule has 0 aromatic carbocycles. The Morgan fingerprint density at radius 2 is 2.38 bits per heavy atom. The minimum Gasteiger partial charge on any atom is -0.397 e. The fourth-order valence-electron chi connectivity index (χ4n) is 2.17. The third-order valence-electron chi connectivity index (χ3n) is 2.93. The molecule has 4 nitrogen and oxygen atoms in total. The highest BCUT2D eigenvalue weighted by Crippen LogP contribution is 2.22. The number of ketones is 1. The third-order valence-corrected chi connectivity index (χ3v) is 2.93. The van der Waals surface area contributed by atoms with Crippen molar-refractivity contribution in [3.8, 4) is 0 Å². The highest BCUT2D eigenvalue weighted by Gasteiger charge is 2.20. The fraction of sp³-hybridized carbons (Fsp3) is 0.583. The third kappa shape index (κ3) is 1.97. The van der Waals surface area contributed by atoms with E-state index < -0.39 is 0 Å². The topological polar surface area (TPSA) is 60.1 Å². The molecular weight excluding hydrogens is 202 g/mol. The normalized spacial score (nSPS) is 15.2. The van der Waals surface area contributed by atoms with Crippen molar-refractivity contribution in [2.24, 2.45) is 5.92 Å². The van der Waals surface area contributed by atoms with Crippen molar-refractivity contribution in [3.63, 3.8) is 0 Å². The first-order valence-electron chi connectivity index (χ1n) is 5.81. The number of anilines is 1. The van der Waals surface area contributed by atoms with E-state index in [0.29, 0.717) is 12.3 Å². The van der Waals surface area contributed by atoms with Crippen molar-refractivity contribution >= 4 is 11.5 Å². The standard InChI is InChI=1S/C12H19N3O/c1-8(2)5-12(16)10-6-9(13)11-7-14-3-4-15(10)11/h6,8,14H,3-5,7,13H2,1-2H3. The molecule has 0 atom stereocenters.